The zero-order valence-electron chi connectivity index (χ0n) is 14.3. The van der Waals surface area contributed by atoms with Gasteiger partial charge in [0, 0.05) is 29.7 Å². The molecule has 5 rings (SSSR count). The fraction of sp³-hybridized carbons (Fsp3) is 0.421. The lowest BCUT2D eigenvalue weighted by Gasteiger charge is -2.43. The Morgan fingerprint density at radius 3 is 2.88 bits per heavy atom. The van der Waals surface area contributed by atoms with Gasteiger partial charge in [0.1, 0.15) is 5.60 Å². The molecule has 2 aromatic rings. The molecule has 3 aliphatic rings. The van der Waals surface area contributed by atoms with E-state index in [2.05, 4.69) is 16.8 Å². The number of urea groups is 1. The van der Waals surface area contributed by atoms with Crippen molar-refractivity contribution in [3.05, 3.63) is 40.1 Å². The van der Waals surface area contributed by atoms with E-state index in [1.165, 1.54) is 10.4 Å². The van der Waals surface area contributed by atoms with Gasteiger partial charge in [0.2, 0.25) is 6.79 Å². The Hall–Kier alpha value is -2.25. The maximum Gasteiger partial charge on any atom is 0.321 e. The fourth-order valence-electron chi connectivity index (χ4n) is 3.97. The lowest BCUT2D eigenvalue weighted by Crippen LogP contribution is -2.49. The number of nitrogens with one attached hydrogen (secondary N) is 1. The second-order valence-corrected chi connectivity index (χ2v) is 7.77. The monoisotopic (exact) mass is 372 g/mol. The van der Waals surface area contributed by atoms with E-state index in [4.69, 9.17) is 14.2 Å². The van der Waals surface area contributed by atoms with Crippen LogP contribution in [0.4, 0.5) is 10.5 Å². The third kappa shape index (κ3) is 2.62. The molecule has 3 aliphatic heterocycles. The van der Waals surface area contributed by atoms with E-state index in [9.17, 15) is 4.79 Å². The minimum atomic E-state index is -0.197. The van der Waals surface area contributed by atoms with E-state index in [1.807, 2.05) is 17.0 Å². The Morgan fingerprint density at radius 2 is 2.00 bits per heavy atom. The molecule has 1 aromatic carbocycles. The van der Waals surface area contributed by atoms with Gasteiger partial charge in [0.05, 0.1) is 6.61 Å². The summed E-state index contributed by atoms with van der Waals surface area (Å²) in [6, 6.07) is 7.58. The van der Waals surface area contributed by atoms with Crippen LogP contribution in [0, 0.1) is 0 Å². The summed E-state index contributed by atoms with van der Waals surface area (Å²) in [7, 11) is 0. The third-order valence-electron chi connectivity index (χ3n) is 5.39. The van der Waals surface area contributed by atoms with Crippen molar-refractivity contribution in [2.75, 3.05) is 31.8 Å². The molecule has 1 saturated heterocycles. The number of amides is 2. The maximum atomic E-state index is 12.6. The maximum absolute atomic E-state index is 12.6. The number of carbonyl (C=O) groups excluding carboxylic acids is 1. The highest BCUT2D eigenvalue weighted by molar-refractivity contribution is 7.10. The molecule has 7 heteroatoms. The van der Waals surface area contributed by atoms with E-state index in [0.717, 1.165) is 25.9 Å². The molecule has 1 fully saturated rings. The summed E-state index contributed by atoms with van der Waals surface area (Å²) in [5.74, 6) is 1.38. The van der Waals surface area contributed by atoms with Crippen molar-refractivity contribution < 1.29 is 19.0 Å². The quantitative estimate of drug-likeness (QED) is 0.831. The molecule has 2 amide bonds. The Morgan fingerprint density at radius 1 is 1.15 bits per heavy atom. The molecular weight excluding hydrogens is 352 g/mol. The molecule has 0 saturated carbocycles. The number of thiophene rings is 1. The molecule has 0 unspecified atom stereocenters. The van der Waals surface area contributed by atoms with Crippen LogP contribution in [0.1, 0.15) is 23.3 Å². The van der Waals surface area contributed by atoms with Gasteiger partial charge in [-0.2, -0.15) is 0 Å². The van der Waals surface area contributed by atoms with Gasteiger partial charge in [-0.15, -0.1) is 11.3 Å². The molecular formula is C19H20N2O4S. The van der Waals surface area contributed by atoms with Crippen molar-refractivity contribution >= 4 is 23.1 Å². The number of anilines is 1. The van der Waals surface area contributed by atoms with Crippen molar-refractivity contribution in [3.63, 3.8) is 0 Å². The van der Waals surface area contributed by atoms with Gasteiger partial charge in [-0.05, 0) is 48.4 Å². The fourth-order valence-corrected chi connectivity index (χ4v) is 5.14. The van der Waals surface area contributed by atoms with E-state index in [-0.39, 0.29) is 18.4 Å². The van der Waals surface area contributed by atoms with Crippen molar-refractivity contribution in [2.45, 2.75) is 24.9 Å². The molecule has 0 atom stereocenters. The van der Waals surface area contributed by atoms with E-state index < -0.39 is 0 Å². The summed E-state index contributed by atoms with van der Waals surface area (Å²) in [6.07, 6.45) is 2.68. The van der Waals surface area contributed by atoms with Crippen molar-refractivity contribution in [3.8, 4) is 11.5 Å². The predicted molar refractivity (Wildman–Crippen MR) is 98.0 cm³/mol. The molecule has 0 aliphatic carbocycles. The summed E-state index contributed by atoms with van der Waals surface area (Å²) in [4.78, 5) is 15.9. The van der Waals surface area contributed by atoms with Gasteiger partial charge < -0.3 is 24.4 Å². The first-order chi connectivity index (χ1) is 12.7. The van der Waals surface area contributed by atoms with Crippen LogP contribution in [0.3, 0.4) is 0 Å². The standard InChI is InChI=1S/C19H20N2O4S/c22-18(20-14-1-2-15-16(11-14)24-12-23-15)21-7-5-19(6-8-21)17-13(3-9-25-19)4-10-26-17/h1-2,4,10-11H,3,5-9,12H2,(H,20,22). The highest BCUT2D eigenvalue weighted by Gasteiger charge is 2.42. The summed E-state index contributed by atoms with van der Waals surface area (Å²) < 4.78 is 16.9. The van der Waals surface area contributed by atoms with Gasteiger partial charge in [-0.1, -0.05) is 0 Å². The SMILES string of the molecule is O=C(Nc1ccc2c(c1)OCO2)N1CCC2(CC1)OCCc1ccsc12. The second kappa shape index (κ2) is 6.17. The number of fused-ring (bicyclic) bond motifs is 3. The predicted octanol–water partition coefficient (Wildman–Crippen LogP) is 3.57. The van der Waals surface area contributed by atoms with E-state index >= 15 is 0 Å². The second-order valence-electron chi connectivity index (χ2n) is 6.85. The van der Waals surface area contributed by atoms with Crippen LogP contribution in [-0.2, 0) is 16.8 Å². The molecule has 1 aromatic heterocycles. The summed E-state index contributed by atoms with van der Waals surface area (Å²) in [6.45, 7) is 2.38. The minimum Gasteiger partial charge on any atom is -0.454 e. The molecule has 6 nitrogen and oxygen atoms in total. The molecule has 1 N–H and O–H groups in total. The van der Waals surface area contributed by atoms with Crippen molar-refractivity contribution in [1.29, 1.82) is 0 Å². The third-order valence-corrected chi connectivity index (χ3v) is 6.53. The number of nitrogens with zero attached hydrogens (tertiary/aromatic N) is 1. The number of hydrogen-bond acceptors (Lipinski definition) is 5. The lowest BCUT2D eigenvalue weighted by molar-refractivity contribution is -0.0891. The van der Waals surface area contributed by atoms with Crippen LogP contribution in [-0.4, -0.2) is 37.4 Å². The van der Waals surface area contributed by atoms with Crippen LogP contribution in [0.2, 0.25) is 0 Å². The smallest absolute Gasteiger partial charge is 0.321 e. The number of benzene rings is 1. The molecule has 4 heterocycles. The number of hydrogen-bond donors (Lipinski definition) is 1. The zero-order chi connectivity index (χ0) is 17.6. The van der Waals surface area contributed by atoms with Gasteiger partial charge in [0.15, 0.2) is 11.5 Å². The summed E-state index contributed by atoms with van der Waals surface area (Å²) >= 11 is 1.78. The largest absolute Gasteiger partial charge is 0.454 e. The minimum absolute atomic E-state index is 0.0825. The number of carbonyl (C=O) groups is 1. The summed E-state index contributed by atoms with van der Waals surface area (Å²) in [5.41, 5.74) is 1.94. The number of rotatable bonds is 1. The average molecular weight is 372 g/mol. The number of ether oxygens (including phenoxy) is 3. The first kappa shape index (κ1) is 16.0. The van der Waals surface area contributed by atoms with Gasteiger partial charge in [-0.25, -0.2) is 4.79 Å². The Labute approximate surface area is 155 Å². The first-order valence-electron chi connectivity index (χ1n) is 8.90. The topological polar surface area (TPSA) is 60.0 Å². The molecule has 0 radical (unpaired) electrons. The molecule has 1 spiro atoms. The van der Waals surface area contributed by atoms with Crippen LogP contribution < -0.4 is 14.8 Å². The van der Waals surface area contributed by atoms with Crippen molar-refractivity contribution in [1.82, 2.24) is 4.90 Å². The lowest BCUT2D eigenvalue weighted by atomic mass is 9.85. The highest BCUT2D eigenvalue weighted by atomic mass is 32.1. The highest BCUT2D eigenvalue weighted by Crippen LogP contribution is 2.44. The van der Waals surface area contributed by atoms with Gasteiger partial charge in [0.25, 0.3) is 0 Å². The van der Waals surface area contributed by atoms with Crippen LogP contribution in [0.15, 0.2) is 29.6 Å². The van der Waals surface area contributed by atoms with E-state index in [0.29, 0.717) is 30.3 Å². The molecule has 136 valence electrons. The Balaban J connectivity index is 1.25. The van der Waals surface area contributed by atoms with Crippen LogP contribution >= 0.6 is 11.3 Å². The van der Waals surface area contributed by atoms with Crippen LogP contribution in [0.5, 0.6) is 11.5 Å². The van der Waals surface area contributed by atoms with Gasteiger partial charge in [-0.3, -0.25) is 0 Å². The first-order valence-corrected chi connectivity index (χ1v) is 9.78. The number of likely N-dealkylation sites (tertiary alicyclic amines) is 1. The Kier molecular flexibility index (Phi) is 3.79. The van der Waals surface area contributed by atoms with Crippen LogP contribution in [0.25, 0.3) is 0 Å². The number of piperidine rings is 1. The molecule has 26 heavy (non-hydrogen) atoms. The Bertz CT molecular complexity index is 842. The van der Waals surface area contributed by atoms with E-state index in [1.54, 1.807) is 17.4 Å². The zero-order valence-corrected chi connectivity index (χ0v) is 15.1. The summed E-state index contributed by atoms with van der Waals surface area (Å²) in [5, 5.41) is 5.11. The van der Waals surface area contributed by atoms with Gasteiger partial charge >= 0.3 is 6.03 Å². The average Bonchev–Trinajstić information content (AvgIpc) is 3.31. The van der Waals surface area contributed by atoms with Crippen molar-refractivity contribution in [2.24, 2.45) is 0 Å². The normalized spacial score (nSPS) is 20.1. The molecule has 0 bridgehead atoms.